The zero-order valence-corrected chi connectivity index (χ0v) is 16.2. The van der Waals surface area contributed by atoms with Gasteiger partial charge >= 0.3 is 0 Å². The van der Waals surface area contributed by atoms with Crippen molar-refractivity contribution in [3.63, 3.8) is 0 Å². The van der Waals surface area contributed by atoms with Crippen LogP contribution in [0.15, 0.2) is 29.4 Å². The first-order valence-electron chi connectivity index (χ1n) is 9.41. The van der Waals surface area contributed by atoms with Gasteiger partial charge in [0, 0.05) is 37.2 Å². The lowest BCUT2D eigenvalue weighted by molar-refractivity contribution is 0.300. The number of aliphatic imine (C=N–C) groups is 1. The molecule has 2 rings (SSSR count). The maximum Gasteiger partial charge on any atom is 0.190 e. The van der Waals surface area contributed by atoms with Crippen LogP contribution in [0.25, 0.3) is 10.9 Å². The van der Waals surface area contributed by atoms with E-state index >= 15 is 0 Å². The highest BCUT2D eigenvalue weighted by molar-refractivity contribution is 5.84. The van der Waals surface area contributed by atoms with E-state index < -0.39 is 0 Å². The highest BCUT2D eigenvalue weighted by Crippen LogP contribution is 2.19. The van der Waals surface area contributed by atoms with Crippen molar-refractivity contribution in [1.82, 2.24) is 20.5 Å². The summed E-state index contributed by atoms with van der Waals surface area (Å²) in [6.45, 7) is 11.7. The Morgan fingerprint density at radius 3 is 2.64 bits per heavy atom. The minimum Gasteiger partial charge on any atom is -0.361 e. The lowest BCUT2D eigenvalue weighted by atomic mass is 10.1. The molecule has 5 heteroatoms. The van der Waals surface area contributed by atoms with Crippen LogP contribution in [-0.2, 0) is 6.42 Å². The number of nitrogens with one attached hydrogen (secondary N) is 3. The Morgan fingerprint density at radius 2 is 1.92 bits per heavy atom. The van der Waals surface area contributed by atoms with Gasteiger partial charge in [0.2, 0.25) is 0 Å². The molecule has 25 heavy (non-hydrogen) atoms. The molecule has 0 saturated heterocycles. The van der Waals surface area contributed by atoms with Crippen molar-refractivity contribution in [1.29, 1.82) is 0 Å². The molecule has 0 aliphatic rings. The molecule has 0 spiro atoms. The van der Waals surface area contributed by atoms with E-state index in [0.717, 1.165) is 51.5 Å². The third-order valence-corrected chi connectivity index (χ3v) is 4.67. The van der Waals surface area contributed by atoms with Gasteiger partial charge in [-0.15, -0.1) is 0 Å². The van der Waals surface area contributed by atoms with E-state index in [0.29, 0.717) is 0 Å². The monoisotopic (exact) mass is 343 g/mol. The Labute approximate surface area is 151 Å². The van der Waals surface area contributed by atoms with Crippen molar-refractivity contribution in [2.75, 3.05) is 39.8 Å². The van der Waals surface area contributed by atoms with Gasteiger partial charge in [-0.3, -0.25) is 4.99 Å². The van der Waals surface area contributed by atoms with Crippen molar-refractivity contribution in [2.24, 2.45) is 4.99 Å². The SMILES string of the molecule is CCN(CC)CCCNC(=NC)NCCc1c[nH]c2cc(C)ccc12. The number of guanidine groups is 1. The molecule has 0 radical (unpaired) electrons. The van der Waals surface area contributed by atoms with Crippen molar-refractivity contribution in [3.8, 4) is 0 Å². The largest absolute Gasteiger partial charge is 0.361 e. The van der Waals surface area contributed by atoms with Gasteiger partial charge in [0.25, 0.3) is 0 Å². The molecule has 1 aromatic heterocycles. The van der Waals surface area contributed by atoms with Gasteiger partial charge in [0.05, 0.1) is 0 Å². The number of aromatic amines is 1. The maximum absolute atomic E-state index is 4.31. The second kappa shape index (κ2) is 10.1. The molecule has 1 heterocycles. The first-order chi connectivity index (χ1) is 12.2. The molecule has 1 aromatic carbocycles. The third-order valence-electron chi connectivity index (χ3n) is 4.67. The minimum absolute atomic E-state index is 0.872. The summed E-state index contributed by atoms with van der Waals surface area (Å²) in [4.78, 5) is 10.1. The molecule has 0 saturated carbocycles. The Bertz CT molecular complexity index is 670. The molecule has 5 nitrogen and oxygen atoms in total. The van der Waals surface area contributed by atoms with E-state index in [1.807, 2.05) is 7.05 Å². The smallest absolute Gasteiger partial charge is 0.190 e. The molecular formula is C20H33N5. The van der Waals surface area contributed by atoms with Gasteiger partial charge in [0.1, 0.15) is 0 Å². The summed E-state index contributed by atoms with van der Waals surface area (Å²) in [5.74, 6) is 0.884. The number of benzene rings is 1. The standard InChI is InChI=1S/C20H33N5/c1-5-25(6-2)13-7-11-22-20(21-4)23-12-10-17-15-24-19-14-16(3)8-9-18(17)19/h8-9,14-15,24H,5-7,10-13H2,1-4H3,(H2,21,22,23). The fraction of sp³-hybridized carbons (Fsp3) is 0.550. The number of hydrogen-bond acceptors (Lipinski definition) is 2. The van der Waals surface area contributed by atoms with Crippen LogP contribution in [0.2, 0.25) is 0 Å². The molecule has 0 amide bonds. The quantitative estimate of drug-likeness (QED) is 0.373. The van der Waals surface area contributed by atoms with E-state index in [1.54, 1.807) is 0 Å². The molecule has 0 aliphatic carbocycles. The average molecular weight is 344 g/mol. The van der Waals surface area contributed by atoms with E-state index in [1.165, 1.54) is 22.0 Å². The van der Waals surface area contributed by atoms with Crippen LogP contribution in [-0.4, -0.2) is 55.6 Å². The summed E-state index contributed by atoms with van der Waals surface area (Å²) in [5.41, 5.74) is 3.85. The summed E-state index contributed by atoms with van der Waals surface area (Å²) in [6, 6.07) is 6.57. The molecule has 0 bridgehead atoms. The Balaban J connectivity index is 1.73. The van der Waals surface area contributed by atoms with E-state index in [4.69, 9.17) is 0 Å². The van der Waals surface area contributed by atoms with Crippen molar-refractivity contribution >= 4 is 16.9 Å². The summed E-state index contributed by atoms with van der Waals surface area (Å²) >= 11 is 0. The fourth-order valence-corrected chi connectivity index (χ4v) is 3.09. The Hall–Kier alpha value is -2.01. The number of fused-ring (bicyclic) bond motifs is 1. The molecule has 0 aliphatic heterocycles. The first-order valence-corrected chi connectivity index (χ1v) is 9.41. The minimum atomic E-state index is 0.872. The summed E-state index contributed by atoms with van der Waals surface area (Å²) in [6.07, 6.45) is 4.22. The van der Waals surface area contributed by atoms with Crippen molar-refractivity contribution in [3.05, 3.63) is 35.5 Å². The van der Waals surface area contributed by atoms with Gasteiger partial charge in [-0.2, -0.15) is 0 Å². The van der Waals surface area contributed by atoms with Crippen LogP contribution in [0.3, 0.4) is 0 Å². The van der Waals surface area contributed by atoms with Crippen molar-refractivity contribution in [2.45, 2.75) is 33.6 Å². The van der Waals surface area contributed by atoms with Gasteiger partial charge in [0.15, 0.2) is 5.96 Å². The maximum atomic E-state index is 4.31. The number of rotatable bonds is 9. The lowest BCUT2D eigenvalue weighted by Crippen LogP contribution is -2.39. The highest BCUT2D eigenvalue weighted by Gasteiger charge is 2.04. The topological polar surface area (TPSA) is 55.4 Å². The predicted octanol–water partition coefficient (Wildman–Crippen LogP) is 2.92. The summed E-state index contributed by atoms with van der Waals surface area (Å²) in [5, 5.41) is 8.13. The second-order valence-electron chi connectivity index (χ2n) is 6.42. The van der Waals surface area contributed by atoms with Crippen LogP contribution in [0, 0.1) is 6.92 Å². The van der Waals surface area contributed by atoms with E-state index in [2.05, 4.69) is 70.7 Å². The zero-order chi connectivity index (χ0) is 18.1. The number of H-pyrrole nitrogens is 1. The van der Waals surface area contributed by atoms with Crippen molar-refractivity contribution < 1.29 is 0 Å². The molecule has 2 aromatic rings. The molecule has 0 fully saturated rings. The van der Waals surface area contributed by atoms with Gasteiger partial charge < -0.3 is 20.5 Å². The number of aromatic nitrogens is 1. The third kappa shape index (κ3) is 5.78. The van der Waals surface area contributed by atoms with Gasteiger partial charge in [-0.05, 0) is 56.6 Å². The second-order valence-corrected chi connectivity index (χ2v) is 6.42. The highest BCUT2D eigenvalue weighted by atomic mass is 15.2. The van der Waals surface area contributed by atoms with Crippen LogP contribution in [0.5, 0.6) is 0 Å². The Kier molecular flexibility index (Phi) is 7.79. The van der Waals surface area contributed by atoms with Gasteiger partial charge in [-0.25, -0.2) is 0 Å². The molecule has 0 atom stereocenters. The number of aryl methyl sites for hydroxylation is 1. The summed E-state index contributed by atoms with van der Waals surface area (Å²) in [7, 11) is 1.83. The molecule has 3 N–H and O–H groups in total. The fourth-order valence-electron chi connectivity index (χ4n) is 3.09. The average Bonchev–Trinajstić information content (AvgIpc) is 3.02. The first kappa shape index (κ1) is 19.3. The van der Waals surface area contributed by atoms with Crippen LogP contribution < -0.4 is 10.6 Å². The van der Waals surface area contributed by atoms with Crippen LogP contribution in [0.4, 0.5) is 0 Å². The van der Waals surface area contributed by atoms with Gasteiger partial charge in [-0.1, -0.05) is 26.0 Å². The Morgan fingerprint density at radius 1 is 1.16 bits per heavy atom. The van der Waals surface area contributed by atoms with Crippen LogP contribution >= 0.6 is 0 Å². The van der Waals surface area contributed by atoms with E-state index in [9.17, 15) is 0 Å². The molecule has 0 unspecified atom stereocenters. The van der Waals surface area contributed by atoms with Crippen LogP contribution in [0.1, 0.15) is 31.4 Å². The molecular weight excluding hydrogens is 310 g/mol. The lowest BCUT2D eigenvalue weighted by Gasteiger charge is -2.18. The predicted molar refractivity (Wildman–Crippen MR) is 109 cm³/mol. The number of hydrogen-bond donors (Lipinski definition) is 3. The number of nitrogens with zero attached hydrogens (tertiary/aromatic N) is 2. The molecule has 138 valence electrons. The zero-order valence-electron chi connectivity index (χ0n) is 16.2. The summed E-state index contributed by atoms with van der Waals surface area (Å²) < 4.78 is 0. The normalized spacial score (nSPS) is 12.1. The van der Waals surface area contributed by atoms with E-state index in [-0.39, 0.29) is 0 Å².